The summed E-state index contributed by atoms with van der Waals surface area (Å²) < 4.78 is 46.8. The smallest absolute Gasteiger partial charge is 0.340 e. The standard InChI is InChI=1S/C30H42F2N2O5/c1-17(2)38-28(36)27(39-29(4,5)6)23-18(3)33-22(16-35)24(19-14-20(31)26(37-9)21(32)15-19)25(23)34-12-10-30(7,8)11-13-34/h14-15,17,27,35H,10-13,16H2,1-9H3/t27-/m0/s1. The van der Waals surface area contributed by atoms with Crippen LogP contribution in [0.3, 0.4) is 0 Å². The number of rotatable bonds is 8. The summed E-state index contributed by atoms with van der Waals surface area (Å²) in [5.41, 5.74) is 1.62. The van der Waals surface area contributed by atoms with Crippen LogP contribution in [-0.2, 0) is 20.9 Å². The summed E-state index contributed by atoms with van der Waals surface area (Å²) in [5.74, 6) is -2.85. The number of pyridine rings is 1. The number of carbonyl (C=O) groups is 1. The third kappa shape index (κ3) is 7.06. The number of anilines is 1. The van der Waals surface area contributed by atoms with Crippen molar-refractivity contribution in [3.05, 3.63) is 40.7 Å². The van der Waals surface area contributed by atoms with Gasteiger partial charge in [0.1, 0.15) is 0 Å². The van der Waals surface area contributed by atoms with Gasteiger partial charge in [0.05, 0.1) is 36.8 Å². The lowest BCUT2D eigenvalue weighted by atomic mass is 9.81. The van der Waals surface area contributed by atoms with Crippen LogP contribution in [0.5, 0.6) is 5.75 Å². The van der Waals surface area contributed by atoms with Crippen LogP contribution < -0.4 is 9.64 Å². The zero-order chi connectivity index (χ0) is 29.3. The van der Waals surface area contributed by atoms with Gasteiger partial charge in [0.15, 0.2) is 23.5 Å². The van der Waals surface area contributed by atoms with Crippen LogP contribution in [-0.4, -0.2) is 48.0 Å². The maximum absolute atomic E-state index is 15.0. The molecule has 3 rings (SSSR count). The van der Waals surface area contributed by atoms with Gasteiger partial charge in [-0.15, -0.1) is 0 Å². The summed E-state index contributed by atoms with van der Waals surface area (Å²) in [5, 5.41) is 10.4. The zero-order valence-corrected chi connectivity index (χ0v) is 24.6. The molecule has 1 N–H and O–H groups in total. The summed E-state index contributed by atoms with van der Waals surface area (Å²) in [6, 6.07) is 2.33. The van der Waals surface area contributed by atoms with Crippen molar-refractivity contribution in [2.45, 2.75) is 92.6 Å². The van der Waals surface area contributed by atoms with Crippen LogP contribution >= 0.6 is 0 Å². The van der Waals surface area contributed by atoms with Crippen molar-refractivity contribution in [3.63, 3.8) is 0 Å². The van der Waals surface area contributed by atoms with Gasteiger partial charge in [0.2, 0.25) is 0 Å². The lowest BCUT2D eigenvalue weighted by Gasteiger charge is -2.41. The van der Waals surface area contributed by atoms with Crippen LogP contribution in [0.25, 0.3) is 11.1 Å². The van der Waals surface area contributed by atoms with E-state index in [0.717, 1.165) is 12.8 Å². The minimum Gasteiger partial charge on any atom is -0.491 e. The molecule has 1 aliphatic heterocycles. The Morgan fingerprint density at radius 1 is 1.15 bits per heavy atom. The van der Waals surface area contributed by atoms with Gasteiger partial charge in [-0.25, -0.2) is 13.6 Å². The number of ether oxygens (including phenoxy) is 3. The second-order valence-corrected chi connectivity index (χ2v) is 12.2. The largest absolute Gasteiger partial charge is 0.491 e. The third-order valence-electron chi connectivity index (χ3n) is 6.85. The van der Waals surface area contributed by atoms with Gasteiger partial charge in [-0.3, -0.25) is 4.98 Å². The summed E-state index contributed by atoms with van der Waals surface area (Å²) >= 11 is 0. The van der Waals surface area contributed by atoms with E-state index < -0.39 is 47.8 Å². The van der Waals surface area contributed by atoms with Crippen LogP contribution in [0.4, 0.5) is 14.5 Å². The molecular formula is C30H42F2N2O5. The first-order chi connectivity index (χ1) is 18.1. The van der Waals surface area contributed by atoms with Gasteiger partial charge < -0.3 is 24.2 Å². The monoisotopic (exact) mass is 548 g/mol. The Kier molecular flexibility index (Phi) is 9.27. The highest BCUT2D eigenvalue weighted by molar-refractivity contribution is 5.88. The van der Waals surface area contributed by atoms with E-state index in [9.17, 15) is 18.7 Å². The van der Waals surface area contributed by atoms with Gasteiger partial charge in [-0.1, -0.05) is 13.8 Å². The van der Waals surface area contributed by atoms with Crippen LogP contribution in [0.15, 0.2) is 12.1 Å². The molecule has 7 nitrogen and oxygen atoms in total. The Morgan fingerprint density at radius 2 is 1.72 bits per heavy atom. The number of piperidine rings is 1. The van der Waals surface area contributed by atoms with Crippen LogP contribution in [0.1, 0.15) is 84.4 Å². The maximum Gasteiger partial charge on any atom is 0.340 e. The second-order valence-electron chi connectivity index (χ2n) is 12.2. The summed E-state index contributed by atoms with van der Waals surface area (Å²) in [7, 11) is 1.20. The van der Waals surface area contributed by atoms with Gasteiger partial charge in [0, 0.05) is 29.9 Å². The average Bonchev–Trinajstić information content (AvgIpc) is 2.81. The van der Waals surface area contributed by atoms with Gasteiger partial charge in [0.25, 0.3) is 0 Å². The number of nitrogens with zero attached hydrogens (tertiary/aromatic N) is 2. The van der Waals surface area contributed by atoms with Crippen molar-refractivity contribution in [1.29, 1.82) is 0 Å². The topological polar surface area (TPSA) is 81.1 Å². The molecule has 0 spiro atoms. The second kappa shape index (κ2) is 11.8. The first-order valence-electron chi connectivity index (χ1n) is 13.4. The van der Waals surface area contributed by atoms with Crippen molar-refractivity contribution in [2.24, 2.45) is 5.41 Å². The third-order valence-corrected chi connectivity index (χ3v) is 6.85. The molecule has 2 heterocycles. The lowest BCUT2D eigenvalue weighted by Crippen LogP contribution is -2.39. The molecule has 1 saturated heterocycles. The van der Waals surface area contributed by atoms with Crippen molar-refractivity contribution >= 4 is 11.7 Å². The van der Waals surface area contributed by atoms with E-state index in [4.69, 9.17) is 14.2 Å². The predicted molar refractivity (Wildman–Crippen MR) is 147 cm³/mol. The van der Waals surface area contributed by atoms with Crippen molar-refractivity contribution in [2.75, 3.05) is 25.1 Å². The molecule has 0 unspecified atom stereocenters. The summed E-state index contributed by atoms with van der Waals surface area (Å²) in [4.78, 5) is 20.3. The van der Waals surface area contributed by atoms with E-state index in [1.54, 1.807) is 20.8 Å². The van der Waals surface area contributed by atoms with Crippen LogP contribution in [0.2, 0.25) is 0 Å². The summed E-state index contributed by atoms with van der Waals surface area (Å²) in [6.07, 6.45) is 0.157. The van der Waals surface area contributed by atoms with Gasteiger partial charge in [-0.2, -0.15) is 0 Å². The molecular weight excluding hydrogens is 506 g/mol. The molecule has 1 atom stereocenters. The molecule has 0 saturated carbocycles. The number of aliphatic hydroxyl groups is 1. The quantitative estimate of drug-likeness (QED) is 0.390. The van der Waals surface area contributed by atoms with E-state index in [0.29, 0.717) is 35.6 Å². The number of benzene rings is 1. The lowest BCUT2D eigenvalue weighted by molar-refractivity contribution is -0.171. The Morgan fingerprint density at radius 3 is 2.18 bits per heavy atom. The fraction of sp³-hybridized carbons (Fsp3) is 0.600. The molecule has 1 aromatic heterocycles. The number of aryl methyl sites for hydroxylation is 1. The Labute approximate surface area is 230 Å². The number of aromatic nitrogens is 1. The predicted octanol–water partition coefficient (Wildman–Crippen LogP) is 6.27. The van der Waals surface area contributed by atoms with E-state index in [-0.39, 0.29) is 16.7 Å². The number of aliphatic hydroxyl groups excluding tert-OH is 1. The average molecular weight is 549 g/mol. The number of carbonyl (C=O) groups excluding carboxylic acids is 1. The number of halogens is 2. The molecule has 2 aromatic rings. The molecule has 1 aromatic carbocycles. The molecule has 39 heavy (non-hydrogen) atoms. The van der Waals surface area contributed by atoms with E-state index in [1.807, 2.05) is 20.8 Å². The van der Waals surface area contributed by atoms with E-state index in [2.05, 4.69) is 23.7 Å². The first-order valence-corrected chi connectivity index (χ1v) is 13.4. The fourth-order valence-electron chi connectivity index (χ4n) is 4.93. The minimum atomic E-state index is -1.16. The highest BCUT2D eigenvalue weighted by atomic mass is 19.1. The molecule has 1 fully saturated rings. The number of esters is 1. The van der Waals surface area contributed by atoms with Gasteiger partial charge >= 0.3 is 5.97 Å². The van der Waals surface area contributed by atoms with E-state index in [1.165, 1.54) is 19.2 Å². The Balaban J connectivity index is 2.41. The first kappa shape index (κ1) is 30.8. The highest BCUT2D eigenvalue weighted by Crippen LogP contribution is 2.46. The summed E-state index contributed by atoms with van der Waals surface area (Å²) in [6.45, 7) is 16.0. The maximum atomic E-state index is 15.0. The number of hydrogen-bond donors (Lipinski definition) is 1. The molecule has 0 bridgehead atoms. The molecule has 0 aliphatic carbocycles. The Hall–Kier alpha value is -2.78. The number of methoxy groups -OCH3 is 1. The molecule has 0 radical (unpaired) electrons. The molecule has 1 aliphatic rings. The zero-order valence-electron chi connectivity index (χ0n) is 24.6. The van der Waals surface area contributed by atoms with Gasteiger partial charge in [-0.05, 0) is 77.5 Å². The molecule has 216 valence electrons. The normalized spacial score (nSPS) is 16.4. The SMILES string of the molecule is COc1c(F)cc(-c2c(CO)nc(C)c([C@H](OC(C)(C)C)C(=O)OC(C)C)c2N2CCC(C)(C)CC2)cc1F. The van der Waals surface area contributed by atoms with Crippen molar-refractivity contribution in [3.8, 4) is 16.9 Å². The van der Waals surface area contributed by atoms with Crippen LogP contribution in [0, 0.1) is 24.0 Å². The van der Waals surface area contributed by atoms with E-state index >= 15 is 0 Å². The molecule has 0 amide bonds. The highest BCUT2D eigenvalue weighted by Gasteiger charge is 2.38. The fourth-order valence-corrected chi connectivity index (χ4v) is 4.93. The minimum absolute atomic E-state index is 0.106. The molecule has 9 heteroatoms. The Bertz CT molecular complexity index is 1170. The number of hydrogen-bond acceptors (Lipinski definition) is 7. The van der Waals surface area contributed by atoms with Crippen molar-refractivity contribution < 1.29 is 32.9 Å². The van der Waals surface area contributed by atoms with Crippen molar-refractivity contribution in [1.82, 2.24) is 4.98 Å².